The lowest BCUT2D eigenvalue weighted by Gasteiger charge is -2.37. The lowest BCUT2D eigenvalue weighted by molar-refractivity contribution is -0.212. The zero-order chi connectivity index (χ0) is 20.3. The number of benzene rings is 2. The first-order valence-electron chi connectivity index (χ1n) is 9.66. The summed E-state index contributed by atoms with van der Waals surface area (Å²) >= 11 is 0. The molecule has 7 nitrogen and oxygen atoms in total. The predicted molar refractivity (Wildman–Crippen MR) is 106 cm³/mol. The van der Waals surface area contributed by atoms with Gasteiger partial charge in [-0.3, -0.25) is 9.63 Å². The molecule has 3 amide bonds. The Morgan fingerprint density at radius 3 is 2.62 bits per heavy atom. The van der Waals surface area contributed by atoms with E-state index in [2.05, 4.69) is 11.4 Å². The van der Waals surface area contributed by atoms with Crippen LogP contribution in [0, 0.1) is 11.3 Å². The van der Waals surface area contributed by atoms with Crippen LogP contribution in [0.2, 0.25) is 0 Å². The molecule has 2 aliphatic heterocycles. The van der Waals surface area contributed by atoms with Gasteiger partial charge < -0.3 is 10.2 Å². The zero-order valence-electron chi connectivity index (χ0n) is 16.0. The average molecular weight is 390 g/mol. The van der Waals surface area contributed by atoms with Gasteiger partial charge in [0.25, 0.3) is 0 Å². The predicted octanol–water partition coefficient (Wildman–Crippen LogP) is 3.29. The van der Waals surface area contributed by atoms with Crippen molar-refractivity contribution < 1.29 is 14.4 Å². The Morgan fingerprint density at radius 2 is 1.90 bits per heavy atom. The van der Waals surface area contributed by atoms with Gasteiger partial charge in [0.1, 0.15) is 5.60 Å². The summed E-state index contributed by atoms with van der Waals surface area (Å²) in [6, 6.07) is 18.4. The van der Waals surface area contributed by atoms with E-state index in [1.165, 1.54) is 5.06 Å². The van der Waals surface area contributed by atoms with Crippen LogP contribution in [-0.2, 0) is 16.2 Å². The van der Waals surface area contributed by atoms with Crippen molar-refractivity contribution in [1.82, 2.24) is 9.96 Å². The molecule has 0 aromatic heterocycles. The second-order valence-corrected chi connectivity index (χ2v) is 7.48. The van der Waals surface area contributed by atoms with Gasteiger partial charge in [0.2, 0.25) is 5.91 Å². The summed E-state index contributed by atoms with van der Waals surface area (Å²) < 4.78 is 0. The molecule has 0 unspecified atom stereocenters. The molecule has 4 rings (SSSR count). The number of carbonyl (C=O) groups is 2. The minimum absolute atomic E-state index is 0.0138. The molecule has 0 atom stereocenters. The highest BCUT2D eigenvalue weighted by Gasteiger charge is 2.47. The number of hydroxylamine groups is 2. The van der Waals surface area contributed by atoms with Gasteiger partial charge in [-0.1, -0.05) is 36.4 Å². The summed E-state index contributed by atoms with van der Waals surface area (Å²) in [5.74, 6) is -0.0138. The molecule has 2 heterocycles. The number of carbonyl (C=O) groups excluding carboxylic acids is 2. The van der Waals surface area contributed by atoms with Crippen molar-refractivity contribution in [2.24, 2.45) is 0 Å². The van der Waals surface area contributed by atoms with E-state index in [1.807, 2.05) is 30.3 Å². The van der Waals surface area contributed by atoms with Crippen molar-refractivity contribution in [2.75, 3.05) is 18.4 Å². The maximum Gasteiger partial charge on any atom is 0.321 e. The van der Waals surface area contributed by atoms with Gasteiger partial charge in [0.15, 0.2) is 0 Å². The van der Waals surface area contributed by atoms with E-state index in [1.54, 1.807) is 29.2 Å². The number of nitrogens with one attached hydrogen (secondary N) is 1. The molecule has 2 aromatic rings. The summed E-state index contributed by atoms with van der Waals surface area (Å²) in [5.41, 5.74) is 1.59. The molecule has 1 N–H and O–H groups in total. The molecule has 0 aliphatic carbocycles. The molecule has 2 aliphatic rings. The number of rotatable bonds is 3. The number of urea groups is 1. The number of nitrogens with zero attached hydrogens (tertiary/aromatic N) is 3. The van der Waals surface area contributed by atoms with Gasteiger partial charge in [-0.2, -0.15) is 5.26 Å². The third-order valence-corrected chi connectivity index (χ3v) is 5.43. The maximum absolute atomic E-state index is 12.6. The Kier molecular flexibility index (Phi) is 5.19. The molecule has 7 heteroatoms. The summed E-state index contributed by atoms with van der Waals surface area (Å²) in [4.78, 5) is 32.8. The van der Waals surface area contributed by atoms with Crippen LogP contribution >= 0.6 is 0 Å². The Balaban J connectivity index is 1.33. The number of amides is 3. The largest absolute Gasteiger partial charge is 0.324 e. The average Bonchev–Trinajstić information content (AvgIpc) is 3.03. The summed E-state index contributed by atoms with van der Waals surface area (Å²) in [7, 11) is 0. The first kappa shape index (κ1) is 19.0. The van der Waals surface area contributed by atoms with Crippen LogP contribution in [0.15, 0.2) is 54.6 Å². The SMILES string of the molecule is N#Cc1cccc(NC(=O)N2CCC3(CC2)CC(=O)N(Cc2ccccc2)O3)c1. The minimum atomic E-state index is -0.524. The number of anilines is 1. The lowest BCUT2D eigenvalue weighted by atomic mass is 9.89. The second-order valence-electron chi connectivity index (χ2n) is 7.48. The first-order chi connectivity index (χ1) is 14.1. The molecule has 0 bridgehead atoms. The van der Waals surface area contributed by atoms with Crippen LogP contribution in [0.5, 0.6) is 0 Å². The quantitative estimate of drug-likeness (QED) is 0.871. The molecule has 1 spiro atoms. The van der Waals surface area contributed by atoms with Crippen LogP contribution in [-0.4, -0.2) is 40.6 Å². The van der Waals surface area contributed by atoms with Crippen molar-refractivity contribution in [3.63, 3.8) is 0 Å². The Morgan fingerprint density at radius 1 is 1.14 bits per heavy atom. The van der Waals surface area contributed by atoms with E-state index in [4.69, 9.17) is 10.1 Å². The number of hydrogen-bond donors (Lipinski definition) is 1. The van der Waals surface area contributed by atoms with Crippen LogP contribution < -0.4 is 5.32 Å². The topological polar surface area (TPSA) is 85.7 Å². The summed E-state index contributed by atoms with van der Waals surface area (Å²) in [6.07, 6.45) is 1.56. The van der Waals surface area contributed by atoms with Gasteiger partial charge in [-0.15, -0.1) is 0 Å². The van der Waals surface area contributed by atoms with Crippen LogP contribution in [0.25, 0.3) is 0 Å². The van der Waals surface area contributed by atoms with Crippen LogP contribution in [0.3, 0.4) is 0 Å². The summed E-state index contributed by atoms with van der Waals surface area (Å²) in [6.45, 7) is 1.45. The fourth-order valence-corrected chi connectivity index (χ4v) is 3.80. The van der Waals surface area contributed by atoms with Crippen LogP contribution in [0.4, 0.5) is 10.5 Å². The van der Waals surface area contributed by atoms with Gasteiger partial charge in [-0.05, 0) is 36.6 Å². The smallest absolute Gasteiger partial charge is 0.321 e. The molecule has 148 valence electrons. The highest BCUT2D eigenvalue weighted by molar-refractivity contribution is 5.89. The van der Waals surface area contributed by atoms with Gasteiger partial charge in [0.05, 0.1) is 24.6 Å². The highest BCUT2D eigenvalue weighted by atomic mass is 16.7. The van der Waals surface area contributed by atoms with Crippen molar-refractivity contribution in [3.8, 4) is 6.07 Å². The lowest BCUT2D eigenvalue weighted by Crippen LogP contribution is -2.48. The maximum atomic E-state index is 12.6. The molecule has 0 radical (unpaired) electrons. The molecule has 2 saturated heterocycles. The van der Waals surface area contributed by atoms with Gasteiger partial charge >= 0.3 is 6.03 Å². The van der Waals surface area contributed by atoms with Crippen molar-refractivity contribution in [3.05, 3.63) is 65.7 Å². The third-order valence-electron chi connectivity index (χ3n) is 5.43. The van der Waals surface area contributed by atoms with Gasteiger partial charge in [0, 0.05) is 18.8 Å². The van der Waals surface area contributed by atoms with E-state index in [9.17, 15) is 9.59 Å². The monoisotopic (exact) mass is 390 g/mol. The van der Waals surface area contributed by atoms with Crippen molar-refractivity contribution >= 4 is 17.6 Å². The van der Waals surface area contributed by atoms with Gasteiger partial charge in [-0.25, -0.2) is 9.86 Å². The standard InChI is InChI=1S/C22H22N4O3/c23-15-18-7-4-8-19(13-18)24-21(28)25-11-9-22(10-12-25)14-20(27)26(29-22)16-17-5-2-1-3-6-17/h1-8,13H,9-12,14,16H2,(H,24,28). The van der Waals surface area contributed by atoms with Crippen molar-refractivity contribution in [2.45, 2.75) is 31.4 Å². The fraction of sp³-hybridized carbons (Fsp3) is 0.318. The fourth-order valence-electron chi connectivity index (χ4n) is 3.80. The summed E-state index contributed by atoms with van der Waals surface area (Å²) in [5, 5.41) is 13.3. The number of hydrogen-bond acceptors (Lipinski definition) is 4. The van der Waals surface area contributed by atoms with E-state index in [0.29, 0.717) is 50.1 Å². The molecular weight excluding hydrogens is 368 g/mol. The normalized spacial score (nSPS) is 18.0. The zero-order valence-corrected chi connectivity index (χ0v) is 16.0. The Labute approximate surface area is 169 Å². The minimum Gasteiger partial charge on any atom is -0.324 e. The number of likely N-dealkylation sites (tertiary alicyclic amines) is 1. The Hall–Kier alpha value is -3.37. The first-order valence-corrected chi connectivity index (χ1v) is 9.66. The van der Waals surface area contributed by atoms with E-state index < -0.39 is 5.60 Å². The van der Waals surface area contributed by atoms with Crippen molar-refractivity contribution in [1.29, 1.82) is 5.26 Å². The van der Waals surface area contributed by atoms with E-state index >= 15 is 0 Å². The highest BCUT2D eigenvalue weighted by Crippen LogP contribution is 2.37. The molecule has 29 heavy (non-hydrogen) atoms. The van der Waals surface area contributed by atoms with Crippen LogP contribution in [0.1, 0.15) is 30.4 Å². The molecule has 2 aromatic carbocycles. The third kappa shape index (κ3) is 4.23. The van der Waals surface area contributed by atoms with E-state index in [-0.39, 0.29) is 11.9 Å². The second kappa shape index (κ2) is 7.94. The Bertz CT molecular complexity index is 946. The number of nitriles is 1. The number of piperidine rings is 1. The molecule has 2 fully saturated rings. The molecular formula is C22H22N4O3. The van der Waals surface area contributed by atoms with E-state index in [0.717, 1.165) is 5.56 Å². The molecule has 0 saturated carbocycles.